The molecule has 20 heavy (non-hydrogen) atoms. The molecular formula is C16H22N2O2. The third kappa shape index (κ3) is 2.84. The monoisotopic (exact) mass is 274 g/mol. The van der Waals surface area contributed by atoms with E-state index in [1.165, 1.54) is 5.56 Å². The number of likely N-dealkylation sites (tertiary alicyclic amines) is 1. The van der Waals surface area contributed by atoms with Crippen molar-refractivity contribution < 1.29 is 10.0 Å². The summed E-state index contributed by atoms with van der Waals surface area (Å²) in [4.78, 5) is 14.5. The molecule has 1 atom stereocenters. The maximum atomic E-state index is 12.6. The second-order valence-corrected chi connectivity index (χ2v) is 5.52. The Labute approximate surface area is 120 Å². The van der Waals surface area contributed by atoms with Crippen LogP contribution in [0, 0.1) is 19.8 Å². The van der Waals surface area contributed by atoms with Gasteiger partial charge in [0.25, 0.3) is 5.91 Å². The van der Waals surface area contributed by atoms with Gasteiger partial charge in [0.15, 0.2) is 0 Å². The quantitative estimate of drug-likeness (QED) is 0.666. The van der Waals surface area contributed by atoms with Crippen molar-refractivity contribution in [3.63, 3.8) is 0 Å². The number of hydrogen-bond donors (Lipinski definition) is 1. The molecule has 0 saturated carbocycles. The van der Waals surface area contributed by atoms with Crippen molar-refractivity contribution in [1.82, 2.24) is 4.90 Å². The fourth-order valence-electron chi connectivity index (χ4n) is 2.82. The molecular weight excluding hydrogens is 252 g/mol. The first-order chi connectivity index (χ1) is 9.56. The maximum Gasteiger partial charge on any atom is 0.254 e. The summed E-state index contributed by atoms with van der Waals surface area (Å²) in [5, 5.41) is 12.4. The molecule has 0 aromatic heterocycles. The molecule has 0 aliphatic carbocycles. The normalized spacial score (nSPS) is 21.2. The molecule has 0 radical (unpaired) electrons. The van der Waals surface area contributed by atoms with Crippen LogP contribution in [0.15, 0.2) is 23.4 Å². The second-order valence-electron chi connectivity index (χ2n) is 5.52. The Balaban J connectivity index is 2.18. The molecule has 4 nitrogen and oxygen atoms in total. The van der Waals surface area contributed by atoms with Crippen molar-refractivity contribution in [1.29, 1.82) is 0 Å². The summed E-state index contributed by atoms with van der Waals surface area (Å²) in [6.07, 6.45) is 1.54. The minimum absolute atomic E-state index is 0.0814. The van der Waals surface area contributed by atoms with Crippen LogP contribution in [0.3, 0.4) is 0 Å². The van der Waals surface area contributed by atoms with Gasteiger partial charge in [-0.3, -0.25) is 4.79 Å². The number of nitrogens with zero attached hydrogens (tertiary/aromatic N) is 2. The van der Waals surface area contributed by atoms with E-state index in [2.05, 4.69) is 12.1 Å². The Morgan fingerprint density at radius 2 is 2.20 bits per heavy atom. The summed E-state index contributed by atoms with van der Waals surface area (Å²) in [7, 11) is 0. The number of piperidine rings is 1. The van der Waals surface area contributed by atoms with Crippen LogP contribution < -0.4 is 0 Å². The van der Waals surface area contributed by atoms with Gasteiger partial charge in [-0.15, -0.1) is 0 Å². The molecule has 1 aromatic carbocycles. The maximum absolute atomic E-state index is 12.6. The average Bonchev–Trinajstić information content (AvgIpc) is 2.45. The second kappa shape index (κ2) is 6.07. The molecule has 1 aromatic rings. The highest BCUT2D eigenvalue weighted by Gasteiger charge is 2.28. The van der Waals surface area contributed by atoms with Crippen LogP contribution in [0.25, 0.3) is 0 Å². The van der Waals surface area contributed by atoms with Crippen LogP contribution >= 0.6 is 0 Å². The molecule has 1 aliphatic heterocycles. The molecule has 1 fully saturated rings. The molecule has 2 rings (SSSR count). The standard InChI is InChI=1S/C16H22N2O2/c1-4-13-10-18(8-7-15(13)17-20)16(19)14-6-5-11(2)9-12(14)3/h5-6,9,13,20H,4,7-8,10H2,1-3H3/b17-15+. The van der Waals surface area contributed by atoms with Gasteiger partial charge >= 0.3 is 0 Å². The van der Waals surface area contributed by atoms with Crippen LogP contribution in [0.2, 0.25) is 0 Å². The SMILES string of the molecule is CCC1CN(C(=O)c2ccc(C)cc2C)CC/C1=N\O. The number of benzene rings is 1. The predicted octanol–water partition coefficient (Wildman–Crippen LogP) is 3.01. The van der Waals surface area contributed by atoms with Crippen molar-refractivity contribution in [3.05, 3.63) is 34.9 Å². The van der Waals surface area contributed by atoms with Gasteiger partial charge in [-0.25, -0.2) is 0 Å². The van der Waals surface area contributed by atoms with Gasteiger partial charge in [0, 0.05) is 31.0 Å². The highest BCUT2D eigenvalue weighted by Crippen LogP contribution is 2.21. The Hall–Kier alpha value is -1.84. The Kier molecular flexibility index (Phi) is 4.42. The Morgan fingerprint density at radius 1 is 1.45 bits per heavy atom. The van der Waals surface area contributed by atoms with Crippen molar-refractivity contribution >= 4 is 11.6 Å². The third-order valence-corrected chi connectivity index (χ3v) is 4.07. The van der Waals surface area contributed by atoms with E-state index in [1.807, 2.05) is 36.9 Å². The van der Waals surface area contributed by atoms with Crippen LogP contribution in [-0.2, 0) is 0 Å². The van der Waals surface area contributed by atoms with E-state index in [-0.39, 0.29) is 11.8 Å². The highest BCUT2D eigenvalue weighted by atomic mass is 16.4. The lowest BCUT2D eigenvalue weighted by Gasteiger charge is -2.33. The molecule has 1 heterocycles. The minimum atomic E-state index is 0.0814. The van der Waals surface area contributed by atoms with Crippen LogP contribution in [0.5, 0.6) is 0 Å². The summed E-state index contributed by atoms with van der Waals surface area (Å²) in [5.41, 5.74) is 3.77. The molecule has 4 heteroatoms. The summed E-state index contributed by atoms with van der Waals surface area (Å²) in [5.74, 6) is 0.251. The topological polar surface area (TPSA) is 52.9 Å². The molecule has 1 unspecified atom stereocenters. The smallest absolute Gasteiger partial charge is 0.254 e. The molecule has 0 spiro atoms. The van der Waals surface area contributed by atoms with E-state index in [0.29, 0.717) is 19.5 Å². The zero-order chi connectivity index (χ0) is 14.7. The number of carbonyl (C=O) groups excluding carboxylic acids is 1. The largest absolute Gasteiger partial charge is 0.411 e. The number of amides is 1. The third-order valence-electron chi connectivity index (χ3n) is 4.07. The van der Waals surface area contributed by atoms with Gasteiger partial charge in [0.2, 0.25) is 0 Å². The molecule has 108 valence electrons. The zero-order valence-electron chi connectivity index (χ0n) is 12.4. The zero-order valence-corrected chi connectivity index (χ0v) is 12.4. The lowest BCUT2D eigenvalue weighted by molar-refractivity contribution is 0.0728. The molecule has 1 amide bonds. The van der Waals surface area contributed by atoms with E-state index < -0.39 is 0 Å². The van der Waals surface area contributed by atoms with Gasteiger partial charge in [0.1, 0.15) is 0 Å². The van der Waals surface area contributed by atoms with Crippen LogP contribution in [0.4, 0.5) is 0 Å². The van der Waals surface area contributed by atoms with E-state index in [0.717, 1.165) is 23.3 Å². The first-order valence-electron chi connectivity index (χ1n) is 7.14. The van der Waals surface area contributed by atoms with Crippen LogP contribution in [-0.4, -0.2) is 34.8 Å². The summed E-state index contributed by atoms with van der Waals surface area (Å²) < 4.78 is 0. The van der Waals surface area contributed by atoms with E-state index in [1.54, 1.807) is 0 Å². The number of carbonyl (C=O) groups is 1. The Morgan fingerprint density at radius 3 is 2.80 bits per heavy atom. The van der Waals surface area contributed by atoms with Crippen molar-refractivity contribution in [2.24, 2.45) is 11.1 Å². The minimum Gasteiger partial charge on any atom is -0.411 e. The average molecular weight is 274 g/mol. The summed E-state index contributed by atoms with van der Waals surface area (Å²) in [6, 6.07) is 5.92. The highest BCUT2D eigenvalue weighted by molar-refractivity contribution is 5.97. The predicted molar refractivity (Wildman–Crippen MR) is 79.4 cm³/mol. The van der Waals surface area contributed by atoms with E-state index >= 15 is 0 Å². The van der Waals surface area contributed by atoms with E-state index in [4.69, 9.17) is 5.21 Å². The number of hydrogen-bond acceptors (Lipinski definition) is 3. The number of aryl methyl sites for hydroxylation is 2. The summed E-state index contributed by atoms with van der Waals surface area (Å²) >= 11 is 0. The van der Waals surface area contributed by atoms with Crippen molar-refractivity contribution in [3.8, 4) is 0 Å². The number of rotatable bonds is 2. The molecule has 0 bridgehead atoms. The lowest BCUT2D eigenvalue weighted by atomic mass is 9.92. The van der Waals surface area contributed by atoms with Crippen LogP contribution in [0.1, 0.15) is 41.3 Å². The molecule has 1 saturated heterocycles. The van der Waals surface area contributed by atoms with Crippen molar-refractivity contribution in [2.75, 3.05) is 13.1 Å². The molecule has 1 N–H and O–H groups in total. The lowest BCUT2D eigenvalue weighted by Crippen LogP contribution is -2.44. The number of oxime groups is 1. The van der Waals surface area contributed by atoms with Gasteiger partial charge in [-0.05, 0) is 31.9 Å². The first-order valence-corrected chi connectivity index (χ1v) is 7.14. The molecule has 1 aliphatic rings. The van der Waals surface area contributed by atoms with Gasteiger partial charge in [-0.2, -0.15) is 0 Å². The Bertz CT molecular complexity index is 537. The fraction of sp³-hybridized carbons (Fsp3) is 0.500. The van der Waals surface area contributed by atoms with Gasteiger partial charge in [0.05, 0.1) is 5.71 Å². The van der Waals surface area contributed by atoms with Gasteiger partial charge in [-0.1, -0.05) is 29.8 Å². The summed E-state index contributed by atoms with van der Waals surface area (Å²) in [6.45, 7) is 7.33. The fourth-order valence-corrected chi connectivity index (χ4v) is 2.82. The van der Waals surface area contributed by atoms with E-state index in [9.17, 15) is 4.79 Å². The van der Waals surface area contributed by atoms with Gasteiger partial charge < -0.3 is 10.1 Å². The first kappa shape index (κ1) is 14.6. The van der Waals surface area contributed by atoms with Crippen molar-refractivity contribution in [2.45, 2.75) is 33.6 Å².